The Hall–Kier alpha value is -2.77. The van der Waals surface area contributed by atoms with Crippen molar-refractivity contribution < 1.29 is 19.5 Å². The number of aromatic hydroxyl groups is 1. The van der Waals surface area contributed by atoms with Gasteiger partial charge in [0.15, 0.2) is 0 Å². The van der Waals surface area contributed by atoms with Crippen LogP contribution in [0.2, 0.25) is 0 Å². The number of anilines is 1. The summed E-state index contributed by atoms with van der Waals surface area (Å²) >= 11 is 0. The molecule has 2 saturated heterocycles. The van der Waals surface area contributed by atoms with Gasteiger partial charge in [-0.25, -0.2) is 4.79 Å². The molecule has 1 aromatic rings. The standard InChI is InChI=1S/C16H20N4O4/c21-13-4-2-1-3-12(13)18-7-9-19(10-8-18)15(23)11-20-6-5-14(22)17-16(20)24/h1-4,21H,5-11H2,(H,17,22,24). The smallest absolute Gasteiger partial charge is 0.324 e. The number of imide groups is 1. The topological polar surface area (TPSA) is 93.2 Å². The average Bonchev–Trinajstić information content (AvgIpc) is 2.58. The summed E-state index contributed by atoms with van der Waals surface area (Å²) < 4.78 is 0. The molecule has 3 rings (SSSR count). The van der Waals surface area contributed by atoms with Crippen LogP contribution in [-0.2, 0) is 9.59 Å². The predicted molar refractivity (Wildman–Crippen MR) is 86.6 cm³/mol. The third kappa shape index (κ3) is 3.42. The Morgan fingerprint density at radius 3 is 2.46 bits per heavy atom. The van der Waals surface area contributed by atoms with Gasteiger partial charge in [-0.05, 0) is 12.1 Å². The van der Waals surface area contributed by atoms with Gasteiger partial charge in [0.25, 0.3) is 0 Å². The summed E-state index contributed by atoms with van der Waals surface area (Å²) in [5, 5.41) is 12.1. The number of para-hydroxylation sites is 2. The van der Waals surface area contributed by atoms with Crippen LogP contribution in [0.5, 0.6) is 5.75 Å². The number of rotatable bonds is 3. The number of nitrogens with zero attached hydrogens (tertiary/aromatic N) is 3. The van der Waals surface area contributed by atoms with Crippen molar-refractivity contribution in [3.63, 3.8) is 0 Å². The molecule has 24 heavy (non-hydrogen) atoms. The fourth-order valence-electron chi connectivity index (χ4n) is 2.94. The first-order valence-corrected chi connectivity index (χ1v) is 7.94. The maximum atomic E-state index is 12.4. The maximum Gasteiger partial charge on any atom is 0.324 e. The molecule has 0 saturated carbocycles. The molecule has 8 nitrogen and oxygen atoms in total. The Kier molecular flexibility index (Phi) is 4.54. The minimum absolute atomic E-state index is 0.0182. The number of amides is 4. The van der Waals surface area contributed by atoms with Crippen LogP contribution >= 0.6 is 0 Å². The van der Waals surface area contributed by atoms with Crippen LogP contribution in [0, 0.1) is 0 Å². The molecule has 0 atom stereocenters. The van der Waals surface area contributed by atoms with E-state index < -0.39 is 6.03 Å². The largest absolute Gasteiger partial charge is 0.506 e. The monoisotopic (exact) mass is 332 g/mol. The first kappa shape index (κ1) is 16.1. The maximum absolute atomic E-state index is 12.4. The second-order valence-electron chi connectivity index (χ2n) is 5.88. The second-order valence-corrected chi connectivity index (χ2v) is 5.88. The number of hydrogen-bond acceptors (Lipinski definition) is 5. The van der Waals surface area contributed by atoms with E-state index in [2.05, 4.69) is 5.32 Å². The third-order valence-corrected chi connectivity index (χ3v) is 4.32. The van der Waals surface area contributed by atoms with Crippen LogP contribution in [0.25, 0.3) is 0 Å². The molecule has 1 aromatic carbocycles. The van der Waals surface area contributed by atoms with E-state index in [1.807, 2.05) is 17.0 Å². The van der Waals surface area contributed by atoms with Crippen LogP contribution in [0.15, 0.2) is 24.3 Å². The van der Waals surface area contributed by atoms with E-state index in [1.165, 1.54) is 4.90 Å². The van der Waals surface area contributed by atoms with Crippen LogP contribution in [0.3, 0.4) is 0 Å². The Morgan fingerprint density at radius 1 is 1.08 bits per heavy atom. The average molecular weight is 332 g/mol. The SMILES string of the molecule is O=C1CCN(CC(=O)N2CCN(c3ccccc3O)CC2)C(=O)N1. The Morgan fingerprint density at radius 2 is 1.79 bits per heavy atom. The fourth-order valence-corrected chi connectivity index (χ4v) is 2.94. The summed E-state index contributed by atoms with van der Waals surface area (Å²) in [6, 6.07) is 6.62. The van der Waals surface area contributed by atoms with Gasteiger partial charge in [0.05, 0.1) is 5.69 Å². The number of benzene rings is 1. The van der Waals surface area contributed by atoms with Gasteiger partial charge in [0.1, 0.15) is 12.3 Å². The van der Waals surface area contributed by atoms with Gasteiger partial charge >= 0.3 is 6.03 Å². The normalized spacial score (nSPS) is 18.6. The molecule has 0 aliphatic carbocycles. The first-order chi connectivity index (χ1) is 11.5. The minimum atomic E-state index is -0.507. The zero-order valence-electron chi connectivity index (χ0n) is 13.3. The summed E-state index contributed by atoms with van der Waals surface area (Å²) in [6.07, 6.45) is 0.222. The van der Waals surface area contributed by atoms with Crippen LogP contribution in [0.1, 0.15) is 6.42 Å². The number of phenolic OH excluding ortho intramolecular Hbond substituents is 1. The van der Waals surface area contributed by atoms with Gasteiger partial charge in [-0.1, -0.05) is 12.1 Å². The van der Waals surface area contributed by atoms with Crippen LogP contribution in [-0.4, -0.2) is 72.0 Å². The number of nitrogens with one attached hydrogen (secondary N) is 1. The molecule has 2 N–H and O–H groups in total. The molecular formula is C16H20N4O4. The quantitative estimate of drug-likeness (QED) is 0.812. The number of carbonyl (C=O) groups excluding carboxylic acids is 3. The van der Waals surface area contributed by atoms with Gasteiger partial charge in [0.2, 0.25) is 11.8 Å². The second kappa shape index (κ2) is 6.77. The molecular weight excluding hydrogens is 312 g/mol. The summed E-state index contributed by atoms with van der Waals surface area (Å²) in [5.74, 6) is -0.205. The Labute approximate surface area is 139 Å². The van der Waals surface area contributed by atoms with Crippen molar-refractivity contribution in [3.8, 4) is 5.75 Å². The molecule has 2 aliphatic heterocycles. The highest BCUT2D eigenvalue weighted by atomic mass is 16.3. The van der Waals surface area contributed by atoms with Crippen LogP contribution in [0.4, 0.5) is 10.5 Å². The summed E-state index contributed by atoms with van der Waals surface area (Å²) in [4.78, 5) is 40.3. The summed E-state index contributed by atoms with van der Waals surface area (Å²) in [6.45, 7) is 2.55. The molecule has 0 spiro atoms. The van der Waals surface area contributed by atoms with Crippen molar-refractivity contribution in [2.75, 3.05) is 44.2 Å². The van der Waals surface area contributed by atoms with Gasteiger partial charge in [-0.3, -0.25) is 14.9 Å². The van der Waals surface area contributed by atoms with Crippen molar-refractivity contribution >= 4 is 23.5 Å². The summed E-state index contributed by atoms with van der Waals surface area (Å²) in [5.41, 5.74) is 0.763. The molecule has 8 heteroatoms. The lowest BCUT2D eigenvalue weighted by Crippen LogP contribution is -2.55. The third-order valence-electron chi connectivity index (χ3n) is 4.32. The van der Waals surface area contributed by atoms with E-state index in [9.17, 15) is 19.5 Å². The van der Waals surface area contributed by atoms with Crippen molar-refractivity contribution in [3.05, 3.63) is 24.3 Å². The molecule has 0 bridgehead atoms. The summed E-state index contributed by atoms with van der Waals surface area (Å²) in [7, 11) is 0. The number of urea groups is 1. The van der Waals surface area contributed by atoms with E-state index in [0.717, 1.165) is 5.69 Å². The first-order valence-electron chi connectivity index (χ1n) is 7.94. The van der Waals surface area contributed by atoms with E-state index in [1.54, 1.807) is 17.0 Å². The number of hydrogen-bond donors (Lipinski definition) is 2. The molecule has 0 unspecified atom stereocenters. The molecule has 2 fully saturated rings. The predicted octanol–water partition coefficient (Wildman–Crippen LogP) is -0.0173. The Bertz CT molecular complexity index is 655. The number of piperazine rings is 1. The van der Waals surface area contributed by atoms with Crippen LogP contribution < -0.4 is 10.2 Å². The molecule has 0 radical (unpaired) electrons. The zero-order chi connectivity index (χ0) is 17.1. The lowest BCUT2D eigenvalue weighted by molar-refractivity contribution is -0.133. The highest BCUT2D eigenvalue weighted by Gasteiger charge is 2.28. The van der Waals surface area contributed by atoms with Crippen molar-refractivity contribution in [1.82, 2.24) is 15.1 Å². The molecule has 2 heterocycles. The zero-order valence-corrected chi connectivity index (χ0v) is 13.3. The van der Waals surface area contributed by atoms with Crippen molar-refractivity contribution in [1.29, 1.82) is 0 Å². The van der Waals surface area contributed by atoms with Gasteiger partial charge in [-0.2, -0.15) is 0 Å². The van der Waals surface area contributed by atoms with E-state index >= 15 is 0 Å². The molecule has 4 amide bonds. The van der Waals surface area contributed by atoms with Gasteiger partial charge < -0.3 is 19.8 Å². The van der Waals surface area contributed by atoms with E-state index in [4.69, 9.17) is 0 Å². The molecule has 2 aliphatic rings. The lowest BCUT2D eigenvalue weighted by Gasteiger charge is -2.37. The van der Waals surface area contributed by atoms with Gasteiger partial charge in [-0.15, -0.1) is 0 Å². The van der Waals surface area contributed by atoms with Crippen molar-refractivity contribution in [2.45, 2.75) is 6.42 Å². The lowest BCUT2D eigenvalue weighted by atomic mass is 10.2. The molecule has 128 valence electrons. The Balaban J connectivity index is 1.53. The minimum Gasteiger partial charge on any atom is -0.506 e. The molecule has 0 aromatic heterocycles. The van der Waals surface area contributed by atoms with Gasteiger partial charge in [0, 0.05) is 39.1 Å². The van der Waals surface area contributed by atoms with Crippen molar-refractivity contribution in [2.24, 2.45) is 0 Å². The number of phenols is 1. The van der Waals surface area contributed by atoms with E-state index in [-0.39, 0.29) is 37.1 Å². The number of carbonyl (C=O) groups is 3. The highest BCUT2D eigenvalue weighted by Crippen LogP contribution is 2.27. The van der Waals surface area contributed by atoms with E-state index in [0.29, 0.717) is 26.2 Å². The highest BCUT2D eigenvalue weighted by molar-refractivity contribution is 5.98. The fraction of sp³-hybridized carbons (Fsp3) is 0.438.